The summed E-state index contributed by atoms with van der Waals surface area (Å²) in [4.78, 5) is 5.29. The largest absolute Gasteiger partial charge is 0.135 e. The van der Waals surface area contributed by atoms with Crippen LogP contribution in [-0.4, -0.2) is 0 Å². The molecular formula is C32H20S2. The predicted octanol–water partition coefficient (Wildman–Crippen LogP) is 10.0. The van der Waals surface area contributed by atoms with Crippen LogP contribution in [-0.2, 0) is 0 Å². The van der Waals surface area contributed by atoms with Crippen molar-refractivity contribution < 1.29 is 0 Å². The Morgan fingerprint density at radius 2 is 1.15 bits per heavy atom. The second kappa shape index (κ2) is 8.02. The monoisotopic (exact) mass is 468 g/mol. The molecule has 0 saturated carbocycles. The SMILES string of the molecule is c1ccc(-c2ccccc2-c2ccc(-c3ccc4c(c3)-c3cccc5cccc(c35)S4)s2)cc1. The van der Waals surface area contributed by atoms with E-state index in [4.69, 9.17) is 0 Å². The zero-order valence-electron chi connectivity index (χ0n) is 18.4. The molecule has 2 heterocycles. The van der Waals surface area contributed by atoms with E-state index in [2.05, 4.69) is 121 Å². The van der Waals surface area contributed by atoms with Gasteiger partial charge in [-0.3, -0.25) is 0 Å². The van der Waals surface area contributed by atoms with Gasteiger partial charge in [0.15, 0.2) is 0 Å². The molecule has 0 atom stereocenters. The minimum absolute atomic E-state index is 1.26. The van der Waals surface area contributed by atoms with Gasteiger partial charge in [0.1, 0.15) is 0 Å². The summed E-state index contributed by atoms with van der Waals surface area (Å²) in [5.41, 5.74) is 7.79. The first kappa shape index (κ1) is 19.8. The van der Waals surface area contributed by atoms with Crippen molar-refractivity contribution in [2.24, 2.45) is 0 Å². The van der Waals surface area contributed by atoms with E-state index in [9.17, 15) is 0 Å². The van der Waals surface area contributed by atoms with E-state index < -0.39 is 0 Å². The highest BCUT2D eigenvalue weighted by Crippen LogP contribution is 2.49. The molecule has 0 N–H and O–H groups in total. The van der Waals surface area contributed by atoms with E-state index in [1.165, 1.54) is 63.7 Å². The Hall–Kier alpha value is -3.59. The third kappa shape index (κ3) is 3.22. The van der Waals surface area contributed by atoms with Crippen molar-refractivity contribution in [2.45, 2.75) is 9.79 Å². The van der Waals surface area contributed by atoms with Gasteiger partial charge in [-0.05, 0) is 69.1 Å². The number of hydrogen-bond donors (Lipinski definition) is 0. The van der Waals surface area contributed by atoms with Crippen LogP contribution in [0.1, 0.15) is 0 Å². The maximum absolute atomic E-state index is 2.38. The lowest BCUT2D eigenvalue weighted by Crippen LogP contribution is -1.93. The first-order chi connectivity index (χ1) is 16.8. The number of benzene rings is 5. The van der Waals surface area contributed by atoms with E-state index in [1.807, 2.05) is 23.1 Å². The summed E-state index contributed by atoms with van der Waals surface area (Å²) in [6.45, 7) is 0. The Balaban J connectivity index is 1.33. The molecule has 0 saturated heterocycles. The van der Waals surface area contributed by atoms with Gasteiger partial charge < -0.3 is 0 Å². The predicted molar refractivity (Wildman–Crippen MR) is 148 cm³/mol. The van der Waals surface area contributed by atoms with Crippen LogP contribution in [0, 0.1) is 0 Å². The average molecular weight is 469 g/mol. The van der Waals surface area contributed by atoms with E-state index in [0.717, 1.165) is 0 Å². The standard InChI is InChI=1S/C32H20S2/c1-2-8-21(9-3-1)24-12-4-5-13-25(24)29-19-18-28(33-29)23-16-17-30-27(20-23)26-14-6-10-22-11-7-15-31(34-30)32(22)26/h1-20H. The molecule has 0 bridgehead atoms. The van der Waals surface area contributed by atoms with Gasteiger partial charge in [-0.15, -0.1) is 11.3 Å². The number of thiophene rings is 1. The molecule has 0 aliphatic carbocycles. The molecule has 2 heteroatoms. The van der Waals surface area contributed by atoms with Gasteiger partial charge in [-0.1, -0.05) is 103 Å². The van der Waals surface area contributed by atoms with Crippen LogP contribution in [0.2, 0.25) is 0 Å². The second-order valence-corrected chi connectivity index (χ2v) is 10.7. The molecule has 0 nitrogen and oxygen atoms in total. The minimum atomic E-state index is 1.26. The van der Waals surface area contributed by atoms with Crippen LogP contribution in [0.3, 0.4) is 0 Å². The Morgan fingerprint density at radius 1 is 0.412 bits per heavy atom. The van der Waals surface area contributed by atoms with E-state index in [1.54, 1.807) is 0 Å². The van der Waals surface area contributed by atoms with Crippen molar-refractivity contribution in [2.75, 3.05) is 0 Å². The fraction of sp³-hybridized carbons (Fsp3) is 0. The third-order valence-corrected chi connectivity index (χ3v) is 8.83. The highest BCUT2D eigenvalue weighted by atomic mass is 32.2. The molecule has 0 unspecified atom stereocenters. The lowest BCUT2D eigenvalue weighted by atomic mass is 9.96. The maximum atomic E-state index is 2.38. The molecule has 160 valence electrons. The van der Waals surface area contributed by atoms with Crippen LogP contribution in [0.15, 0.2) is 131 Å². The number of hydrogen-bond acceptors (Lipinski definition) is 2. The molecule has 0 amide bonds. The van der Waals surface area contributed by atoms with Crippen molar-refractivity contribution in [3.05, 3.63) is 121 Å². The molecule has 1 aliphatic heterocycles. The molecule has 1 aromatic heterocycles. The fourth-order valence-corrected chi connectivity index (χ4v) is 7.09. The van der Waals surface area contributed by atoms with Gasteiger partial charge in [-0.2, -0.15) is 0 Å². The van der Waals surface area contributed by atoms with E-state index in [0.29, 0.717) is 0 Å². The third-order valence-electron chi connectivity index (χ3n) is 6.52. The summed E-state index contributed by atoms with van der Waals surface area (Å²) in [6.07, 6.45) is 0. The molecule has 0 spiro atoms. The fourth-order valence-electron chi connectivity index (χ4n) is 4.92. The molecule has 7 rings (SSSR count). The summed E-state index contributed by atoms with van der Waals surface area (Å²) in [5.74, 6) is 0. The average Bonchev–Trinajstić information content (AvgIpc) is 3.40. The highest BCUT2D eigenvalue weighted by molar-refractivity contribution is 7.99. The van der Waals surface area contributed by atoms with Gasteiger partial charge in [0, 0.05) is 24.9 Å². The Bertz CT molecular complexity index is 1670. The first-order valence-electron chi connectivity index (χ1n) is 11.4. The second-order valence-electron chi connectivity index (χ2n) is 8.55. The number of rotatable bonds is 3. The Morgan fingerprint density at radius 3 is 2.03 bits per heavy atom. The van der Waals surface area contributed by atoms with E-state index in [-0.39, 0.29) is 0 Å². The van der Waals surface area contributed by atoms with Crippen molar-refractivity contribution in [1.29, 1.82) is 0 Å². The molecule has 1 aliphatic rings. The molecule has 34 heavy (non-hydrogen) atoms. The number of fused-ring (bicyclic) bond motifs is 2. The van der Waals surface area contributed by atoms with Gasteiger partial charge in [0.05, 0.1) is 0 Å². The van der Waals surface area contributed by atoms with Gasteiger partial charge in [0.2, 0.25) is 0 Å². The van der Waals surface area contributed by atoms with Crippen LogP contribution in [0.25, 0.3) is 53.9 Å². The molecule has 6 aromatic rings. The lowest BCUT2D eigenvalue weighted by molar-refractivity contribution is 1.40. The summed E-state index contributed by atoms with van der Waals surface area (Å²) < 4.78 is 0. The zero-order valence-corrected chi connectivity index (χ0v) is 20.0. The van der Waals surface area contributed by atoms with Crippen molar-refractivity contribution in [1.82, 2.24) is 0 Å². The van der Waals surface area contributed by atoms with Crippen LogP contribution < -0.4 is 0 Å². The van der Waals surface area contributed by atoms with Crippen LogP contribution >= 0.6 is 23.1 Å². The smallest absolute Gasteiger partial charge is 0.0355 e. The topological polar surface area (TPSA) is 0 Å². The highest BCUT2D eigenvalue weighted by Gasteiger charge is 2.20. The normalized spacial score (nSPS) is 12.0. The lowest BCUT2D eigenvalue weighted by Gasteiger charge is -2.20. The van der Waals surface area contributed by atoms with Crippen molar-refractivity contribution in [3.8, 4) is 43.1 Å². The van der Waals surface area contributed by atoms with Crippen molar-refractivity contribution >= 4 is 33.9 Å². The molecule has 0 radical (unpaired) electrons. The van der Waals surface area contributed by atoms with Gasteiger partial charge >= 0.3 is 0 Å². The first-order valence-corrected chi connectivity index (χ1v) is 13.1. The zero-order chi connectivity index (χ0) is 22.5. The van der Waals surface area contributed by atoms with Crippen molar-refractivity contribution in [3.63, 3.8) is 0 Å². The van der Waals surface area contributed by atoms with Crippen LogP contribution in [0.5, 0.6) is 0 Å². The maximum Gasteiger partial charge on any atom is 0.0355 e. The Labute approximate surface area is 207 Å². The van der Waals surface area contributed by atoms with E-state index >= 15 is 0 Å². The Kier molecular flexibility index (Phi) is 4.68. The summed E-state index contributed by atoms with van der Waals surface area (Å²) in [6, 6.07) is 44.1. The summed E-state index contributed by atoms with van der Waals surface area (Å²) >= 11 is 3.75. The summed E-state index contributed by atoms with van der Waals surface area (Å²) in [7, 11) is 0. The molecule has 5 aromatic carbocycles. The van der Waals surface area contributed by atoms with Gasteiger partial charge in [-0.25, -0.2) is 0 Å². The molecule has 0 fully saturated rings. The van der Waals surface area contributed by atoms with Crippen LogP contribution in [0.4, 0.5) is 0 Å². The molecular weight excluding hydrogens is 448 g/mol. The quantitative estimate of drug-likeness (QED) is 0.248. The summed E-state index contributed by atoms with van der Waals surface area (Å²) in [5, 5.41) is 2.69. The minimum Gasteiger partial charge on any atom is -0.135 e. The van der Waals surface area contributed by atoms with Gasteiger partial charge in [0.25, 0.3) is 0 Å².